The highest BCUT2D eigenvalue weighted by Gasteiger charge is 2.59. The van der Waals surface area contributed by atoms with Gasteiger partial charge in [0.2, 0.25) is 0 Å². The van der Waals surface area contributed by atoms with E-state index in [0.717, 1.165) is 65.2 Å². The number of aryl methyl sites for hydroxylation is 2. The second-order valence-corrected chi connectivity index (χ2v) is 9.49. The van der Waals surface area contributed by atoms with Crippen LogP contribution < -0.4 is 0 Å². The Hall–Kier alpha value is -2.18. The van der Waals surface area contributed by atoms with Crippen LogP contribution in [0.25, 0.3) is 0 Å². The Morgan fingerprint density at radius 2 is 1.80 bits per heavy atom. The van der Waals surface area contributed by atoms with Crippen LogP contribution in [0.1, 0.15) is 46.6 Å². The lowest BCUT2D eigenvalue weighted by Crippen LogP contribution is -2.51. The van der Waals surface area contributed by atoms with E-state index in [9.17, 15) is 4.79 Å². The summed E-state index contributed by atoms with van der Waals surface area (Å²) in [6.45, 7) is 10.2. The lowest BCUT2D eigenvalue weighted by molar-refractivity contribution is 0.00828. The Labute approximate surface area is 178 Å². The molecule has 0 N–H and O–H groups in total. The molecule has 4 heterocycles. The monoisotopic (exact) mass is 409 g/mol. The summed E-state index contributed by atoms with van der Waals surface area (Å²) in [6.07, 6.45) is 3.21. The number of rotatable bonds is 3. The molecule has 0 aliphatic carbocycles. The molecule has 3 saturated heterocycles. The van der Waals surface area contributed by atoms with E-state index in [1.807, 2.05) is 18.7 Å². The van der Waals surface area contributed by atoms with Crippen molar-refractivity contribution in [3.8, 4) is 0 Å². The average molecular weight is 410 g/mol. The number of hydrogen-bond donors (Lipinski definition) is 0. The van der Waals surface area contributed by atoms with Crippen molar-refractivity contribution < 1.29 is 14.1 Å². The van der Waals surface area contributed by atoms with Crippen molar-refractivity contribution in [2.75, 3.05) is 39.4 Å². The lowest BCUT2D eigenvalue weighted by atomic mass is 9.60. The van der Waals surface area contributed by atoms with Crippen LogP contribution in [0.15, 0.2) is 34.9 Å². The highest BCUT2D eigenvalue weighted by atomic mass is 16.5. The molecule has 3 fully saturated rings. The zero-order valence-electron chi connectivity index (χ0n) is 18.0. The largest absolute Gasteiger partial charge is 0.381 e. The fraction of sp³-hybridized carbons (Fsp3) is 0.583. The quantitative estimate of drug-likeness (QED) is 0.777. The molecule has 1 atom stereocenters. The molecular formula is C24H31N3O3. The number of benzene rings is 1. The maximum Gasteiger partial charge on any atom is 0.259 e. The van der Waals surface area contributed by atoms with E-state index >= 15 is 0 Å². The zero-order valence-corrected chi connectivity index (χ0v) is 18.0. The molecule has 3 aliphatic rings. The van der Waals surface area contributed by atoms with Crippen LogP contribution in [0.4, 0.5) is 0 Å². The Morgan fingerprint density at radius 3 is 2.43 bits per heavy atom. The van der Waals surface area contributed by atoms with Crippen molar-refractivity contribution in [1.29, 1.82) is 0 Å². The van der Waals surface area contributed by atoms with E-state index in [1.165, 1.54) is 5.56 Å². The second-order valence-electron chi connectivity index (χ2n) is 9.49. The molecule has 1 aromatic heterocycles. The van der Waals surface area contributed by atoms with Crippen molar-refractivity contribution in [3.63, 3.8) is 0 Å². The zero-order chi connectivity index (χ0) is 20.8. The van der Waals surface area contributed by atoms with Crippen LogP contribution in [0.5, 0.6) is 0 Å². The maximum absolute atomic E-state index is 13.1. The number of hydrogen-bond acceptors (Lipinski definition) is 5. The number of carbonyl (C=O) groups is 1. The van der Waals surface area contributed by atoms with Gasteiger partial charge in [0.1, 0.15) is 11.3 Å². The molecule has 3 aliphatic heterocycles. The number of ether oxygens (including phenoxy) is 1. The fourth-order valence-corrected chi connectivity index (χ4v) is 6.12. The third-order valence-corrected chi connectivity index (χ3v) is 7.78. The van der Waals surface area contributed by atoms with Gasteiger partial charge in [0.25, 0.3) is 5.91 Å². The molecule has 5 rings (SSSR count). The molecule has 0 unspecified atom stereocenters. The SMILES string of the molecule is Cc1noc(C)c1C(=O)N1CCC2(CC1)CN(Cc1ccccc1)C[C@]21CCOC1. The summed E-state index contributed by atoms with van der Waals surface area (Å²) in [7, 11) is 0. The van der Waals surface area contributed by atoms with Gasteiger partial charge in [0, 0.05) is 44.7 Å². The molecule has 30 heavy (non-hydrogen) atoms. The summed E-state index contributed by atoms with van der Waals surface area (Å²) in [5, 5.41) is 3.97. The van der Waals surface area contributed by atoms with Crippen molar-refractivity contribution in [3.05, 3.63) is 52.9 Å². The number of fused-ring (bicyclic) bond motifs is 1. The second kappa shape index (κ2) is 7.50. The molecule has 6 nitrogen and oxygen atoms in total. The van der Waals surface area contributed by atoms with Gasteiger partial charge in [-0.25, -0.2) is 0 Å². The van der Waals surface area contributed by atoms with Gasteiger partial charge in [-0.15, -0.1) is 0 Å². The Morgan fingerprint density at radius 1 is 1.07 bits per heavy atom. The molecule has 0 saturated carbocycles. The minimum absolute atomic E-state index is 0.0666. The molecule has 2 spiro atoms. The summed E-state index contributed by atoms with van der Waals surface area (Å²) < 4.78 is 11.2. The van der Waals surface area contributed by atoms with E-state index in [1.54, 1.807) is 0 Å². The lowest BCUT2D eigenvalue weighted by Gasteiger charge is -2.47. The van der Waals surface area contributed by atoms with Crippen LogP contribution in [-0.2, 0) is 11.3 Å². The van der Waals surface area contributed by atoms with Gasteiger partial charge < -0.3 is 14.2 Å². The van der Waals surface area contributed by atoms with Crippen molar-refractivity contribution in [1.82, 2.24) is 15.0 Å². The minimum atomic E-state index is 0.0666. The Bertz CT molecular complexity index is 890. The van der Waals surface area contributed by atoms with E-state index in [0.29, 0.717) is 17.0 Å². The minimum Gasteiger partial charge on any atom is -0.381 e. The Kier molecular flexibility index (Phi) is 4.94. The molecule has 1 aromatic carbocycles. The third kappa shape index (κ3) is 3.17. The summed E-state index contributed by atoms with van der Waals surface area (Å²) in [4.78, 5) is 17.7. The van der Waals surface area contributed by atoms with Crippen LogP contribution in [-0.4, -0.2) is 60.3 Å². The van der Waals surface area contributed by atoms with Crippen LogP contribution >= 0.6 is 0 Å². The molecule has 2 aromatic rings. The number of nitrogens with zero attached hydrogens (tertiary/aromatic N) is 3. The summed E-state index contributed by atoms with van der Waals surface area (Å²) in [5.74, 6) is 0.685. The molecule has 1 amide bonds. The maximum atomic E-state index is 13.1. The van der Waals surface area contributed by atoms with Gasteiger partial charge in [-0.1, -0.05) is 35.5 Å². The average Bonchev–Trinajstić information content (AvgIpc) is 3.43. The number of likely N-dealkylation sites (tertiary alicyclic amines) is 2. The van der Waals surface area contributed by atoms with Crippen molar-refractivity contribution >= 4 is 5.91 Å². The highest BCUT2D eigenvalue weighted by Crippen LogP contribution is 2.57. The fourth-order valence-electron chi connectivity index (χ4n) is 6.12. The molecule has 6 heteroatoms. The first-order chi connectivity index (χ1) is 14.5. The molecular weight excluding hydrogens is 378 g/mol. The first kappa shape index (κ1) is 19.8. The van der Waals surface area contributed by atoms with E-state index in [-0.39, 0.29) is 16.7 Å². The standard InChI is InChI=1S/C24H31N3O3/c1-18-21(19(2)30-25-18)22(28)27-11-8-23(9-12-27)15-26(14-20-6-4-3-5-7-20)16-24(23)10-13-29-17-24/h3-7H,8-17H2,1-2H3/t24-/m0/s1. The van der Waals surface area contributed by atoms with Crippen molar-refractivity contribution in [2.45, 2.75) is 39.7 Å². The number of carbonyl (C=O) groups excluding carboxylic acids is 1. The van der Waals surface area contributed by atoms with Gasteiger partial charge in [0.15, 0.2) is 0 Å². The van der Waals surface area contributed by atoms with Gasteiger partial charge in [-0.05, 0) is 44.1 Å². The smallest absolute Gasteiger partial charge is 0.259 e. The molecule has 0 bridgehead atoms. The van der Waals surface area contributed by atoms with Crippen LogP contribution in [0.2, 0.25) is 0 Å². The van der Waals surface area contributed by atoms with Crippen LogP contribution in [0.3, 0.4) is 0 Å². The predicted molar refractivity (Wildman–Crippen MR) is 113 cm³/mol. The highest BCUT2D eigenvalue weighted by molar-refractivity contribution is 5.96. The molecule has 0 radical (unpaired) electrons. The number of amides is 1. The van der Waals surface area contributed by atoms with E-state index in [4.69, 9.17) is 9.26 Å². The van der Waals surface area contributed by atoms with E-state index in [2.05, 4.69) is 40.4 Å². The topological polar surface area (TPSA) is 58.8 Å². The van der Waals surface area contributed by atoms with Crippen molar-refractivity contribution in [2.24, 2.45) is 10.8 Å². The van der Waals surface area contributed by atoms with Gasteiger partial charge in [0.05, 0.1) is 12.3 Å². The van der Waals surface area contributed by atoms with Gasteiger partial charge >= 0.3 is 0 Å². The van der Waals surface area contributed by atoms with Crippen LogP contribution in [0, 0.1) is 24.7 Å². The predicted octanol–water partition coefficient (Wildman–Crippen LogP) is 3.44. The number of aromatic nitrogens is 1. The number of piperidine rings is 1. The summed E-state index contributed by atoms with van der Waals surface area (Å²) in [6, 6.07) is 10.7. The summed E-state index contributed by atoms with van der Waals surface area (Å²) in [5.41, 5.74) is 3.15. The molecule has 160 valence electrons. The first-order valence-corrected chi connectivity index (χ1v) is 11.1. The van der Waals surface area contributed by atoms with Gasteiger partial charge in [-0.3, -0.25) is 9.69 Å². The third-order valence-electron chi connectivity index (χ3n) is 7.78. The Balaban J connectivity index is 1.33. The summed E-state index contributed by atoms with van der Waals surface area (Å²) >= 11 is 0. The van der Waals surface area contributed by atoms with Gasteiger partial charge in [-0.2, -0.15) is 0 Å². The van der Waals surface area contributed by atoms with E-state index < -0.39 is 0 Å². The first-order valence-electron chi connectivity index (χ1n) is 11.1. The normalized spacial score (nSPS) is 26.1.